The van der Waals surface area contributed by atoms with Gasteiger partial charge in [0.1, 0.15) is 5.75 Å². The Balaban J connectivity index is 1.68. The van der Waals surface area contributed by atoms with Crippen molar-refractivity contribution in [2.75, 3.05) is 45.1 Å². The molecular formula is C18H25F3N2O5S. The minimum Gasteiger partial charge on any atom is -0.508 e. The highest BCUT2D eigenvalue weighted by atomic mass is 32.2. The van der Waals surface area contributed by atoms with Crippen LogP contribution < -0.4 is 5.32 Å². The van der Waals surface area contributed by atoms with Crippen LogP contribution in [0.3, 0.4) is 0 Å². The number of carbonyl (C=O) groups is 1. The Bertz CT molecular complexity index is 814. The third-order valence-corrected chi connectivity index (χ3v) is 6.58. The van der Waals surface area contributed by atoms with Crippen molar-refractivity contribution in [3.8, 4) is 5.75 Å². The second kappa shape index (κ2) is 9.77. The highest BCUT2D eigenvalue weighted by Crippen LogP contribution is 2.25. The first kappa shape index (κ1) is 23.4. The van der Waals surface area contributed by atoms with E-state index in [2.05, 4.69) is 0 Å². The van der Waals surface area contributed by atoms with Gasteiger partial charge in [0.25, 0.3) is 0 Å². The second-order valence-corrected chi connectivity index (χ2v) is 9.09. The number of hydrogen-bond donors (Lipinski definition) is 2. The number of sulfone groups is 1. The van der Waals surface area contributed by atoms with Gasteiger partial charge in [-0.05, 0) is 49.6 Å². The van der Waals surface area contributed by atoms with Gasteiger partial charge in [0.15, 0.2) is 9.84 Å². The quantitative estimate of drug-likeness (QED) is 0.568. The van der Waals surface area contributed by atoms with E-state index in [0.29, 0.717) is 25.2 Å². The maximum absolute atomic E-state index is 12.6. The monoisotopic (exact) mass is 438 g/mol. The van der Waals surface area contributed by atoms with Gasteiger partial charge in [-0.2, -0.15) is 13.2 Å². The van der Waals surface area contributed by atoms with Crippen LogP contribution in [0.1, 0.15) is 12.0 Å². The average molecular weight is 438 g/mol. The molecule has 0 bridgehead atoms. The van der Waals surface area contributed by atoms with Crippen molar-refractivity contribution in [1.82, 2.24) is 10.2 Å². The first-order chi connectivity index (χ1) is 13.5. The first-order valence-corrected chi connectivity index (χ1v) is 10.8. The Morgan fingerprint density at radius 2 is 2.07 bits per heavy atom. The number of aromatic hydroxyl groups is 1. The van der Waals surface area contributed by atoms with E-state index in [0.717, 1.165) is 6.42 Å². The van der Waals surface area contributed by atoms with Crippen LogP contribution in [0.2, 0.25) is 0 Å². The van der Waals surface area contributed by atoms with Crippen molar-refractivity contribution in [3.05, 3.63) is 23.8 Å². The predicted molar refractivity (Wildman–Crippen MR) is 99.3 cm³/mol. The number of nitrogens with one attached hydrogen (secondary N) is 1. The van der Waals surface area contributed by atoms with Gasteiger partial charge in [-0.15, -0.1) is 0 Å². The molecule has 1 amide bonds. The van der Waals surface area contributed by atoms with Gasteiger partial charge in [-0.25, -0.2) is 8.42 Å². The zero-order valence-corrected chi connectivity index (χ0v) is 16.9. The zero-order chi connectivity index (χ0) is 21.7. The fourth-order valence-electron chi connectivity index (χ4n) is 3.11. The summed E-state index contributed by atoms with van der Waals surface area (Å²) in [5.41, 5.74) is 0.502. The number of phenolic OH excluding ortho intramolecular Hbond substituents is 1. The largest absolute Gasteiger partial charge is 0.508 e. The molecule has 0 unspecified atom stereocenters. The molecule has 11 heteroatoms. The molecular weight excluding hydrogens is 413 g/mol. The normalized spacial score (nSPS) is 18.1. The summed E-state index contributed by atoms with van der Waals surface area (Å²) >= 11 is 0. The molecule has 1 atom stereocenters. The Labute approximate surface area is 167 Å². The number of phenols is 1. The molecule has 1 fully saturated rings. The summed E-state index contributed by atoms with van der Waals surface area (Å²) in [6, 6.07) is 4.23. The van der Waals surface area contributed by atoms with E-state index >= 15 is 0 Å². The number of ether oxygens (including phenoxy) is 1. The first-order valence-electron chi connectivity index (χ1n) is 9.16. The molecule has 164 valence electrons. The molecule has 29 heavy (non-hydrogen) atoms. The van der Waals surface area contributed by atoms with E-state index in [1.54, 1.807) is 12.2 Å². The van der Waals surface area contributed by atoms with E-state index in [1.165, 1.54) is 18.2 Å². The summed E-state index contributed by atoms with van der Waals surface area (Å²) in [7, 11) is -3.46. The molecule has 7 nitrogen and oxygen atoms in total. The molecule has 0 spiro atoms. The average Bonchev–Trinajstić information content (AvgIpc) is 3.05. The number of likely N-dealkylation sites (tertiary alicyclic amines) is 1. The predicted octanol–water partition coefficient (Wildman–Crippen LogP) is 1.49. The third kappa shape index (κ3) is 7.16. The van der Waals surface area contributed by atoms with Gasteiger partial charge >= 0.3 is 12.1 Å². The minimum atomic E-state index is -4.90. The van der Waals surface area contributed by atoms with Gasteiger partial charge in [-0.1, -0.05) is 0 Å². The van der Waals surface area contributed by atoms with Crippen LogP contribution in [-0.2, 0) is 19.4 Å². The molecule has 1 aromatic carbocycles. The molecule has 1 aliphatic heterocycles. The molecule has 1 saturated heterocycles. The summed E-state index contributed by atoms with van der Waals surface area (Å²) < 4.78 is 66.4. The smallest absolute Gasteiger partial charge is 0.471 e. The summed E-state index contributed by atoms with van der Waals surface area (Å²) in [6.45, 7) is 3.48. The van der Waals surface area contributed by atoms with E-state index in [9.17, 15) is 31.5 Å². The van der Waals surface area contributed by atoms with Crippen LogP contribution in [0.25, 0.3) is 0 Å². The van der Waals surface area contributed by atoms with E-state index in [-0.39, 0.29) is 42.1 Å². The molecule has 0 aliphatic carbocycles. The van der Waals surface area contributed by atoms with Crippen molar-refractivity contribution in [2.24, 2.45) is 5.92 Å². The molecule has 2 rings (SSSR count). The van der Waals surface area contributed by atoms with Gasteiger partial charge in [-0.3, -0.25) is 4.79 Å². The van der Waals surface area contributed by atoms with Gasteiger partial charge in [0.05, 0.1) is 23.9 Å². The number of rotatable bonds is 9. The van der Waals surface area contributed by atoms with E-state index in [4.69, 9.17) is 4.74 Å². The lowest BCUT2D eigenvalue weighted by Gasteiger charge is -2.16. The van der Waals surface area contributed by atoms with Gasteiger partial charge in [0.2, 0.25) is 0 Å². The Morgan fingerprint density at radius 3 is 2.72 bits per heavy atom. The number of amides is 1. The lowest BCUT2D eigenvalue weighted by molar-refractivity contribution is -0.173. The topological polar surface area (TPSA) is 95.9 Å². The molecule has 1 heterocycles. The van der Waals surface area contributed by atoms with Crippen LogP contribution in [0.4, 0.5) is 13.2 Å². The van der Waals surface area contributed by atoms with Crippen molar-refractivity contribution >= 4 is 15.7 Å². The lowest BCUT2D eigenvalue weighted by atomic mass is 10.2. The molecule has 0 saturated carbocycles. The molecule has 0 aromatic heterocycles. The number of hydrogen-bond acceptors (Lipinski definition) is 6. The third-order valence-electron chi connectivity index (χ3n) is 4.69. The Morgan fingerprint density at radius 1 is 1.34 bits per heavy atom. The number of alkyl halides is 3. The van der Waals surface area contributed by atoms with Crippen LogP contribution >= 0.6 is 0 Å². The SMILES string of the molecule is Cc1cc(S(=O)(=O)C[C@@H]2CCN(CCOCCNC(=O)C(F)(F)F)C2)ccc1O. The summed E-state index contributed by atoms with van der Waals surface area (Å²) in [6.07, 6.45) is -4.18. The Hall–Kier alpha value is -1.85. The maximum Gasteiger partial charge on any atom is 0.471 e. The molecule has 1 aliphatic rings. The van der Waals surface area contributed by atoms with Crippen LogP contribution in [0.15, 0.2) is 23.1 Å². The van der Waals surface area contributed by atoms with Crippen molar-refractivity contribution in [2.45, 2.75) is 24.4 Å². The van der Waals surface area contributed by atoms with Gasteiger partial charge in [0, 0.05) is 19.6 Å². The standard InChI is InChI=1S/C18H25F3N2O5S/c1-13-10-15(2-3-16(13)24)29(26,27)12-14-4-6-23(11-14)7-9-28-8-5-22-17(25)18(19,20)21/h2-3,10,14,24H,4-9,11-12H2,1H3,(H,22,25)/t14-/m1/s1. The molecule has 2 N–H and O–H groups in total. The molecule has 1 aromatic rings. The van der Waals surface area contributed by atoms with Crippen LogP contribution in [-0.4, -0.2) is 75.7 Å². The Kier molecular flexibility index (Phi) is 7.89. The van der Waals surface area contributed by atoms with Crippen LogP contribution in [0, 0.1) is 12.8 Å². The van der Waals surface area contributed by atoms with E-state index in [1.807, 2.05) is 4.90 Å². The van der Waals surface area contributed by atoms with Gasteiger partial charge < -0.3 is 20.1 Å². The second-order valence-electron chi connectivity index (χ2n) is 7.05. The minimum absolute atomic E-state index is 0.0120. The number of benzene rings is 1. The number of nitrogens with zero attached hydrogens (tertiary/aromatic N) is 1. The van der Waals surface area contributed by atoms with Crippen molar-refractivity contribution < 1.29 is 36.2 Å². The maximum atomic E-state index is 12.6. The summed E-state index contributed by atoms with van der Waals surface area (Å²) in [5.74, 6) is -1.96. The summed E-state index contributed by atoms with van der Waals surface area (Å²) in [4.78, 5) is 12.9. The van der Waals surface area contributed by atoms with Crippen molar-refractivity contribution in [1.29, 1.82) is 0 Å². The number of aryl methyl sites for hydroxylation is 1. The highest BCUT2D eigenvalue weighted by Gasteiger charge is 2.38. The van der Waals surface area contributed by atoms with Crippen molar-refractivity contribution in [3.63, 3.8) is 0 Å². The van der Waals surface area contributed by atoms with E-state index < -0.39 is 21.9 Å². The molecule has 0 radical (unpaired) electrons. The highest BCUT2D eigenvalue weighted by molar-refractivity contribution is 7.91. The van der Waals surface area contributed by atoms with Crippen LogP contribution in [0.5, 0.6) is 5.75 Å². The summed E-state index contributed by atoms with van der Waals surface area (Å²) in [5, 5.41) is 11.3. The number of halogens is 3. The fourth-order valence-corrected chi connectivity index (χ4v) is 4.83. The fraction of sp³-hybridized carbons (Fsp3) is 0.611. The zero-order valence-electron chi connectivity index (χ0n) is 16.0. The lowest BCUT2D eigenvalue weighted by Crippen LogP contribution is -2.38. The number of carbonyl (C=O) groups excluding carboxylic acids is 1.